The van der Waals surface area contributed by atoms with Crippen molar-refractivity contribution in [3.05, 3.63) is 0 Å². The van der Waals surface area contributed by atoms with E-state index >= 15 is 0 Å². The second-order valence-electron chi connectivity index (χ2n) is 14.6. The lowest BCUT2D eigenvalue weighted by molar-refractivity contribution is -0.888. The molecule has 4 rings (SSSR count). The molecule has 0 bridgehead atoms. The van der Waals surface area contributed by atoms with Gasteiger partial charge in [0.1, 0.15) is 0 Å². The summed E-state index contributed by atoms with van der Waals surface area (Å²) in [5, 5.41) is 25.2. The van der Waals surface area contributed by atoms with Gasteiger partial charge in [0.2, 0.25) is 5.91 Å². The smallest absolute Gasteiger partial charge is 0.220 e. The van der Waals surface area contributed by atoms with E-state index in [2.05, 4.69) is 47.1 Å². The highest BCUT2D eigenvalue weighted by Crippen LogP contribution is 2.68. The van der Waals surface area contributed by atoms with Gasteiger partial charge in [0, 0.05) is 19.4 Å². The van der Waals surface area contributed by atoms with E-state index in [1.807, 2.05) is 0 Å². The standard InChI is InChI=1S/C31H56N2O3.HI/c1-7-33(5,6)18-8-17-32-29(36)14-9-21(2)25-12-13-26-24-11-10-22-19-23(34)15-16-30(22,3)27(24)20-28(35)31(25,26)4;/h21-28,34-35H,7-20H2,1-6H3;1H/t21-,22?,23-,24?,25-,26?,27?,28+,30+,31-;/m1./s1. The van der Waals surface area contributed by atoms with Crippen LogP contribution in [0.4, 0.5) is 0 Å². The Hall–Kier alpha value is 0.0800. The van der Waals surface area contributed by atoms with Crippen molar-refractivity contribution in [1.29, 1.82) is 0 Å². The largest absolute Gasteiger partial charge is 1.00 e. The van der Waals surface area contributed by atoms with Gasteiger partial charge in [0.05, 0.1) is 39.4 Å². The molecule has 0 spiro atoms. The molecule has 0 aromatic heterocycles. The van der Waals surface area contributed by atoms with E-state index in [0.29, 0.717) is 36.0 Å². The number of hydrogen-bond donors (Lipinski definition) is 3. The van der Waals surface area contributed by atoms with E-state index in [9.17, 15) is 15.0 Å². The van der Waals surface area contributed by atoms with Crippen molar-refractivity contribution in [2.24, 2.45) is 46.3 Å². The predicted octanol–water partition coefficient (Wildman–Crippen LogP) is 2.00. The van der Waals surface area contributed by atoms with Crippen LogP contribution in [0.25, 0.3) is 0 Å². The van der Waals surface area contributed by atoms with Gasteiger partial charge in [-0.2, -0.15) is 0 Å². The second-order valence-corrected chi connectivity index (χ2v) is 14.6. The molecule has 4 aliphatic carbocycles. The zero-order valence-electron chi connectivity index (χ0n) is 24.6. The van der Waals surface area contributed by atoms with E-state index in [0.717, 1.165) is 68.6 Å². The Morgan fingerprint density at radius 2 is 1.78 bits per heavy atom. The van der Waals surface area contributed by atoms with Crippen LogP contribution in [0, 0.1) is 46.3 Å². The number of fused-ring (bicyclic) bond motifs is 5. The molecule has 37 heavy (non-hydrogen) atoms. The number of amides is 1. The van der Waals surface area contributed by atoms with Gasteiger partial charge < -0.3 is 44.0 Å². The number of carbonyl (C=O) groups excluding carboxylic acids is 1. The van der Waals surface area contributed by atoms with Gasteiger partial charge in [0.15, 0.2) is 0 Å². The number of aliphatic hydroxyl groups is 2. The highest BCUT2D eigenvalue weighted by atomic mass is 127. The molecule has 4 aliphatic rings. The molecule has 3 N–H and O–H groups in total. The quantitative estimate of drug-likeness (QED) is 0.207. The normalized spacial score (nSPS) is 42.1. The Bertz CT molecular complexity index is 778. The van der Waals surface area contributed by atoms with E-state index < -0.39 is 0 Å². The molecule has 0 heterocycles. The van der Waals surface area contributed by atoms with Crippen LogP contribution in [0.15, 0.2) is 0 Å². The van der Waals surface area contributed by atoms with Gasteiger partial charge in [-0.25, -0.2) is 0 Å². The topological polar surface area (TPSA) is 69.6 Å². The van der Waals surface area contributed by atoms with Crippen molar-refractivity contribution in [2.45, 2.75) is 111 Å². The van der Waals surface area contributed by atoms with Crippen LogP contribution in [-0.2, 0) is 4.79 Å². The molecule has 4 saturated carbocycles. The summed E-state index contributed by atoms with van der Waals surface area (Å²) in [7, 11) is 4.48. The lowest BCUT2D eigenvalue weighted by atomic mass is 9.43. The second kappa shape index (κ2) is 12.3. The number of aliphatic hydroxyl groups excluding tert-OH is 2. The number of halogens is 1. The fourth-order valence-corrected chi connectivity index (χ4v) is 9.70. The maximum Gasteiger partial charge on any atom is 0.220 e. The third-order valence-corrected chi connectivity index (χ3v) is 12.4. The minimum atomic E-state index is -0.241. The maximum absolute atomic E-state index is 12.6. The summed E-state index contributed by atoms with van der Waals surface area (Å²) in [4.78, 5) is 12.6. The SMILES string of the molecule is CC[N+](C)(C)CCCNC(=O)CC[C@@H](C)[C@H]1CCC2C3CCC4C[C@H](O)CC[C@]4(C)C3C[C@H](O)[C@@]21C.[I-]. The Labute approximate surface area is 244 Å². The van der Waals surface area contributed by atoms with Gasteiger partial charge in [-0.3, -0.25) is 4.79 Å². The van der Waals surface area contributed by atoms with Crippen LogP contribution in [0.3, 0.4) is 0 Å². The number of carbonyl (C=O) groups is 1. The number of nitrogens with one attached hydrogen (secondary N) is 1. The van der Waals surface area contributed by atoms with E-state index in [1.165, 1.54) is 25.7 Å². The van der Waals surface area contributed by atoms with Gasteiger partial charge in [-0.15, -0.1) is 0 Å². The molecule has 5 nitrogen and oxygen atoms in total. The first-order chi connectivity index (χ1) is 16.9. The van der Waals surface area contributed by atoms with Crippen LogP contribution in [0.5, 0.6) is 0 Å². The Balaban J connectivity index is 0.00000380. The lowest BCUT2D eigenvalue weighted by Crippen LogP contribution is -3.00. The fourth-order valence-electron chi connectivity index (χ4n) is 9.70. The number of nitrogens with zero attached hydrogens (tertiary/aromatic N) is 1. The molecule has 216 valence electrons. The predicted molar refractivity (Wildman–Crippen MR) is 146 cm³/mol. The first-order valence-corrected chi connectivity index (χ1v) is 15.4. The number of quaternary nitrogens is 1. The summed E-state index contributed by atoms with van der Waals surface area (Å²) in [6, 6.07) is 0. The molecule has 1 amide bonds. The van der Waals surface area contributed by atoms with E-state index in [1.54, 1.807) is 0 Å². The number of hydrogen-bond acceptors (Lipinski definition) is 3. The molecule has 4 fully saturated rings. The average Bonchev–Trinajstić information content (AvgIpc) is 3.20. The lowest BCUT2D eigenvalue weighted by Gasteiger charge is -2.62. The molecule has 0 saturated heterocycles. The summed E-state index contributed by atoms with van der Waals surface area (Å²) in [5.74, 6) is 3.72. The zero-order chi connectivity index (χ0) is 26.3. The van der Waals surface area contributed by atoms with Crippen LogP contribution in [0.1, 0.15) is 98.3 Å². The Morgan fingerprint density at radius 3 is 2.49 bits per heavy atom. The molecular formula is C31H57IN2O3. The summed E-state index contributed by atoms with van der Waals surface area (Å²) in [5.41, 5.74) is 0.273. The van der Waals surface area contributed by atoms with Gasteiger partial charge in [-0.1, -0.05) is 20.8 Å². The molecular weight excluding hydrogens is 575 g/mol. The maximum atomic E-state index is 12.6. The highest BCUT2D eigenvalue weighted by molar-refractivity contribution is 5.75. The molecule has 0 aliphatic heterocycles. The third-order valence-electron chi connectivity index (χ3n) is 12.4. The average molecular weight is 633 g/mol. The molecule has 0 aromatic carbocycles. The summed E-state index contributed by atoms with van der Waals surface area (Å²) in [6.45, 7) is 12.4. The molecule has 0 radical (unpaired) electrons. The van der Waals surface area contributed by atoms with Gasteiger partial charge in [0.25, 0.3) is 0 Å². The minimum Gasteiger partial charge on any atom is -1.00 e. The van der Waals surface area contributed by atoms with Crippen molar-refractivity contribution in [2.75, 3.05) is 33.7 Å². The molecule has 6 heteroatoms. The molecule has 4 unspecified atom stereocenters. The molecule has 0 aromatic rings. The summed E-state index contributed by atoms with van der Waals surface area (Å²) < 4.78 is 1.00. The van der Waals surface area contributed by atoms with Crippen LogP contribution in [0.2, 0.25) is 0 Å². The van der Waals surface area contributed by atoms with Crippen LogP contribution < -0.4 is 29.3 Å². The first kappa shape index (κ1) is 31.6. The Kier molecular flexibility index (Phi) is 10.5. The highest BCUT2D eigenvalue weighted by Gasteiger charge is 2.63. The minimum absolute atomic E-state index is 0. The van der Waals surface area contributed by atoms with Crippen molar-refractivity contribution in [3.8, 4) is 0 Å². The summed E-state index contributed by atoms with van der Waals surface area (Å²) >= 11 is 0. The van der Waals surface area contributed by atoms with Crippen LogP contribution in [-0.4, -0.2) is 66.5 Å². The van der Waals surface area contributed by atoms with Crippen molar-refractivity contribution >= 4 is 5.91 Å². The number of rotatable bonds is 9. The zero-order valence-corrected chi connectivity index (χ0v) is 26.8. The van der Waals surface area contributed by atoms with E-state index in [-0.39, 0.29) is 52.9 Å². The van der Waals surface area contributed by atoms with Gasteiger partial charge in [-0.05, 0) is 111 Å². The fraction of sp³-hybridized carbons (Fsp3) is 0.968. The van der Waals surface area contributed by atoms with Gasteiger partial charge >= 0.3 is 0 Å². The van der Waals surface area contributed by atoms with Crippen molar-refractivity contribution < 1.29 is 43.5 Å². The first-order valence-electron chi connectivity index (χ1n) is 15.4. The third kappa shape index (κ3) is 6.22. The Morgan fingerprint density at radius 1 is 1.05 bits per heavy atom. The van der Waals surface area contributed by atoms with Crippen molar-refractivity contribution in [3.63, 3.8) is 0 Å². The van der Waals surface area contributed by atoms with Crippen molar-refractivity contribution in [1.82, 2.24) is 5.32 Å². The van der Waals surface area contributed by atoms with E-state index in [4.69, 9.17) is 0 Å². The van der Waals surface area contributed by atoms with Crippen LogP contribution >= 0.6 is 0 Å². The monoisotopic (exact) mass is 632 g/mol. The summed E-state index contributed by atoms with van der Waals surface area (Å²) in [6.07, 6.45) is 11.1. The molecule has 10 atom stereocenters.